The van der Waals surface area contributed by atoms with Crippen LogP contribution in [0.25, 0.3) is 0 Å². The Morgan fingerprint density at radius 3 is 2.55 bits per heavy atom. The molecule has 2 amide bonds. The first-order valence-electron chi connectivity index (χ1n) is 12.1. The molecule has 2 aromatic rings. The fourth-order valence-corrected chi connectivity index (χ4v) is 5.15. The SMILES string of the molecule is CCCN(CCC)CCCNC(=O)c1ccc2c(c1)N(Cc1cc(C)ccc1C)C(=O)CS2. The van der Waals surface area contributed by atoms with Gasteiger partial charge in [-0.15, -0.1) is 11.8 Å². The highest BCUT2D eigenvalue weighted by molar-refractivity contribution is 8.00. The van der Waals surface area contributed by atoms with Gasteiger partial charge >= 0.3 is 0 Å². The average molecular weight is 468 g/mol. The number of hydrogen-bond acceptors (Lipinski definition) is 4. The number of nitrogens with zero attached hydrogens (tertiary/aromatic N) is 2. The summed E-state index contributed by atoms with van der Waals surface area (Å²) in [5.74, 6) is 0.429. The molecule has 0 aromatic heterocycles. The van der Waals surface area contributed by atoms with E-state index in [1.54, 1.807) is 11.8 Å². The number of carbonyl (C=O) groups excluding carboxylic acids is 2. The fraction of sp³-hybridized carbons (Fsp3) is 0.481. The first-order chi connectivity index (χ1) is 15.9. The number of fused-ring (bicyclic) bond motifs is 1. The van der Waals surface area contributed by atoms with Crippen LogP contribution < -0.4 is 10.2 Å². The van der Waals surface area contributed by atoms with Crippen LogP contribution in [-0.4, -0.2) is 48.6 Å². The van der Waals surface area contributed by atoms with E-state index >= 15 is 0 Å². The largest absolute Gasteiger partial charge is 0.352 e. The van der Waals surface area contributed by atoms with E-state index in [1.165, 1.54) is 11.1 Å². The molecule has 0 saturated heterocycles. The third kappa shape index (κ3) is 6.84. The van der Waals surface area contributed by atoms with Crippen molar-refractivity contribution in [3.63, 3.8) is 0 Å². The Bertz CT molecular complexity index is 970. The van der Waals surface area contributed by atoms with Crippen molar-refractivity contribution in [1.29, 1.82) is 0 Å². The van der Waals surface area contributed by atoms with Crippen molar-refractivity contribution in [2.24, 2.45) is 0 Å². The summed E-state index contributed by atoms with van der Waals surface area (Å²) in [6.45, 7) is 12.9. The summed E-state index contributed by atoms with van der Waals surface area (Å²) < 4.78 is 0. The van der Waals surface area contributed by atoms with E-state index < -0.39 is 0 Å². The van der Waals surface area contributed by atoms with Crippen molar-refractivity contribution in [3.05, 3.63) is 58.7 Å². The average Bonchev–Trinajstić information content (AvgIpc) is 2.80. The van der Waals surface area contributed by atoms with Gasteiger partial charge in [-0.1, -0.05) is 37.6 Å². The first kappa shape index (κ1) is 25.3. The van der Waals surface area contributed by atoms with Gasteiger partial charge in [0, 0.05) is 17.0 Å². The maximum Gasteiger partial charge on any atom is 0.251 e. The van der Waals surface area contributed by atoms with Crippen LogP contribution >= 0.6 is 11.8 Å². The van der Waals surface area contributed by atoms with Crippen molar-refractivity contribution in [2.45, 2.75) is 58.4 Å². The Morgan fingerprint density at radius 2 is 1.82 bits per heavy atom. The maximum atomic E-state index is 12.8. The number of aryl methyl sites for hydroxylation is 2. The predicted octanol–water partition coefficient (Wildman–Crippen LogP) is 5.18. The van der Waals surface area contributed by atoms with Gasteiger partial charge in [0.2, 0.25) is 5.91 Å². The van der Waals surface area contributed by atoms with E-state index in [1.807, 2.05) is 23.1 Å². The van der Waals surface area contributed by atoms with Crippen LogP contribution in [0.3, 0.4) is 0 Å². The lowest BCUT2D eigenvalue weighted by Crippen LogP contribution is -2.35. The molecular weight excluding hydrogens is 430 g/mol. The van der Waals surface area contributed by atoms with Crippen LogP contribution in [0.2, 0.25) is 0 Å². The van der Waals surface area contributed by atoms with E-state index in [4.69, 9.17) is 0 Å². The number of anilines is 1. The smallest absolute Gasteiger partial charge is 0.251 e. The van der Waals surface area contributed by atoms with Crippen LogP contribution in [0.4, 0.5) is 5.69 Å². The first-order valence-corrected chi connectivity index (χ1v) is 13.0. The van der Waals surface area contributed by atoms with E-state index in [9.17, 15) is 9.59 Å². The van der Waals surface area contributed by atoms with E-state index in [0.29, 0.717) is 24.4 Å². The molecule has 33 heavy (non-hydrogen) atoms. The Hall–Kier alpha value is -2.31. The molecule has 6 heteroatoms. The van der Waals surface area contributed by atoms with Crippen molar-refractivity contribution in [3.8, 4) is 0 Å². The lowest BCUT2D eigenvalue weighted by atomic mass is 10.0. The minimum Gasteiger partial charge on any atom is -0.352 e. The van der Waals surface area contributed by atoms with E-state index in [-0.39, 0.29) is 11.8 Å². The molecule has 0 bridgehead atoms. The van der Waals surface area contributed by atoms with Gasteiger partial charge in [-0.2, -0.15) is 0 Å². The number of thioether (sulfide) groups is 1. The maximum absolute atomic E-state index is 12.8. The number of carbonyl (C=O) groups is 2. The second kappa shape index (κ2) is 12.2. The molecule has 0 aliphatic carbocycles. The number of amides is 2. The van der Waals surface area contributed by atoms with Gasteiger partial charge in [0.15, 0.2) is 0 Å². The summed E-state index contributed by atoms with van der Waals surface area (Å²) in [5, 5.41) is 3.06. The normalized spacial score (nSPS) is 13.4. The van der Waals surface area contributed by atoms with Gasteiger partial charge in [0.05, 0.1) is 18.0 Å². The molecule has 0 radical (unpaired) electrons. The fourth-order valence-electron chi connectivity index (χ4n) is 4.23. The standard InChI is InChI=1S/C27H37N3O2S/c1-5-13-29(14-6-2)15-7-12-28-27(32)22-10-11-25-24(17-22)30(26(31)19-33-25)18-23-16-20(3)8-9-21(23)4/h8-11,16-17H,5-7,12-15,18-19H2,1-4H3,(H,28,32). The highest BCUT2D eigenvalue weighted by Crippen LogP contribution is 2.37. The molecular formula is C27H37N3O2S. The molecule has 0 unspecified atom stereocenters. The summed E-state index contributed by atoms with van der Waals surface area (Å²) in [5.41, 5.74) is 4.93. The molecule has 1 heterocycles. The summed E-state index contributed by atoms with van der Waals surface area (Å²) in [6, 6.07) is 12.0. The molecule has 3 rings (SSSR count). The molecule has 5 nitrogen and oxygen atoms in total. The van der Waals surface area contributed by atoms with Crippen LogP contribution in [0.15, 0.2) is 41.3 Å². The highest BCUT2D eigenvalue weighted by Gasteiger charge is 2.26. The zero-order valence-corrected chi connectivity index (χ0v) is 21.3. The molecule has 0 atom stereocenters. The summed E-state index contributed by atoms with van der Waals surface area (Å²) in [7, 11) is 0. The molecule has 2 aromatic carbocycles. The van der Waals surface area contributed by atoms with Gasteiger partial charge < -0.3 is 15.1 Å². The number of hydrogen-bond donors (Lipinski definition) is 1. The van der Waals surface area contributed by atoms with Crippen molar-refractivity contribution in [2.75, 3.05) is 36.8 Å². The molecule has 178 valence electrons. The van der Waals surface area contributed by atoms with Crippen molar-refractivity contribution < 1.29 is 9.59 Å². The zero-order chi connectivity index (χ0) is 23.8. The highest BCUT2D eigenvalue weighted by atomic mass is 32.2. The van der Waals surface area contributed by atoms with Gasteiger partial charge in [-0.05, 0) is 82.1 Å². The van der Waals surface area contributed by atoms with Crippen LogP contribution in [0.1, 0.15) is 60.2 Å². The van der Waals surface area contributed by atoms with Crippen LogP contribution in [-0.2, 0) is 11.3 Å². The Kier molecular flexibility index (Phi) is 9.39. The molecule has 1 aliphatic rings. The van der Waals surface area contributed by atoms with Gasteiger partial charge in [-0.25, -0.2) is 0 Å². The third-order valence-electron chi connectivity index (χ3n) is 6.01. The Balaban J connectivity index is 1.68. The zero-order valence-electron chi connectivity index (χ0n) is 20.4. The second-order valence-corrected chi connectivity index (χ2v) is 9.85. The summed E-state index contributed by atoms with van der Waals surface area (Å²) in [6.07, 6.45) is 3.23. The predicted molar refractivity (Wildman–Crippen MR) is 138 cm³/mol. The molecule has 1 aliphatic heterocycles. The molecule has 0 saturated carbocycles. The quantitative estimate of drug-likeness (QED) is 0.463. The number of benzene rings is 2. The molecule has 0 fully saturated rings. The lowest BCUT2D eigenvalue weighted by Gasteiger charge is -2.30. The summed E-state index contributed by atoms with van der Waals surface area (Å²) >= 11 is 1.54. The summed E-state index contributed by atoms with van der Waals surface area (Å²) in [4.78, 5) is 31.0. The Labute approximate surface area is 202 Å². The lowest BCUT2D eigenvalue weighted by molar-refractivity contribution is -0.116. The monoisotopic (exact) mass is 467 g/mol. The third-order valence-corrected chi connectivity index (χ3v) is 7.06. The topological polar surface area (TPSA) is 52.7 Å². The molecule has 1 N–H and O–H groups in total. The minimum atomic E-state index is -0.0787. The van der Waals surface area contributed by atoms with Gasteiger partial charge in [0.1, 0.15) is 0 Å². The Morgan fingerprint density at radius 1 is 1.06 bits per heavy atom. The van der Waals surface area contributed by atoms with Crippen molar-refractivity contribution in [1.82, 2.24) is 10.2 Å². The second-order valence-electron chi connectivity index (χ2n) is 8.83. The van der Waals surface area contributed by atoms with Crippen molar-refractivity contribution >= 4 is 29.3 Å². The number of rotatable bonds is 11. The van der Waals surface area contributed by atoms with Gasteiger partial charge in [0.25, 0.3) is 5.91 Å². The molecule has 0 spiro atoms. The number of nitrogens with one attached hydrogen (secondary N) is 1. The van der Waals surface area contributed by atoms with E-state index in [0.717, 1.165) is 55.0 Å². The van der Waals surface area contributed by atoms with Crippen LogP contribution in [0, 0.1) is 13.8 Å². The van der Waals surface area contributed by atoms with Gasteiger partial charge in [-0.3, -0.25) is 9.59 Å². The van der Waals surface area contributed by atoms with E-state index in [2.05, 4.69) is 56.1 Å². The minimum absolute atomic E-state index is 0.0787. The van der Waals surface area contributed by atoms with Crippen LogP contribution in [0.5, 0.6) is 0 Å².